The van der Waals surface area contributed by atoms with Crippen LogP contribution in [-0.4, -0.2) is 28.5 Å². The van der Waals surface area contributed by atoms with Crippen LogP contribution in [0.15, 0.2) is 30.5 Å². The first-order chi connectivity index (χ1) is 10.2. The number of hydrogen-bond acceptors (Lipinski definition) is 6. The summed E-state index contributed by atoms with van der Waals surface area (Å²) in [6.07, 6.45) is 2.48. The van der Waals surface area contributed by atoms with Gasteiger partial charge >= 0.3 is 0 Å². The number of aromatic nitrogens is 2. The minimum absolute atomic E-state index is 0.103. The van der Waals surface area contributed by atoms with E-state index in [0.29, 0.717) is 17.3 Å². The summed E-state index contributed by atoms with van der Waals surface area (Å²) in [6, 6.07) is 6.41. The molecule has 0 saturated heterocycles. The van der Waals surface area contributed by atoms with Crippen molar-refractivity contribution in [1.29, 1.82) is 0 Å². The molecule has 7 heteroatoms. The van der Waals surface area contributed by atoms with Crippen molar-refractivity contribution in [3.8, 4) is 17.1 Å². The molecule has 7 nitrogen and oxygen atoms in total. The van der Waals surface area contributed by atoms with Crippen molar-refractivity contribution < 1.29 is 9.66 Å². The van der Waals surface area contributed by atoms with Crippen LogP contribution in [0.4, 0.5) is 11.5 Å². The van der Waals surface area contributed by atoms with Crippen LogP contribution in [0.5, 0.6) is 5.75 Å². The Hall–Kier alpha value is -2.70. The van der Waals surface area contributed by atoms with Gasteiger partial charge in [-0.15, -0.1) is 0 Å². The van der Waals surface area contributed by atoms with Crippen LogP contribution in [0, 0.1) is 10.1 Å². The lowest BCUT2D eigenvalue weighted by molar-refractivity contribution is -0.384. The van der Waals surface area contributed by atoms with Gasteiger partial charge in [0.2, 0.25) is 0 Å². The molecule has 0 amide bonds. The molecule has 0 spiro atoms. The van der Waals surface area contributed by atoms with Gasteiger partial charge in [-0.3, -0.25) is 15.1 Å². The van der Waals surface area contributed by atoms with Crippen molar-refractivity contribution in [2.45, 2.75) is 13.3 Å². The van der Waals surface area contributed by atoms with E-state index >= 15 is 0 Å². The Kier molecular flexibility index (Phi) is 4.65. The molecule has 2 aromatic heterocycles. The van der Waals surface area contributed by atoms with E-state index in [2.05, 4.69) is 15.3 Å². The first kappa shape index (κ1) is 14.7. The summed E-state index contributed by atoms with van der Waals surface area (Å²) in [6.45, 7) is 2.77. The average Bonchev–Trinajstić information content (AvgIpc) is 2.52. The van der Waals surface area contributed by atoms with Gasteiger partial charge < -0.3 is 10.1 Å². The van der Waals surface area contributed by atoms with Crippen molar-refractivity contribution in [1.82, 2.24) is 9.97 Å². The van der Waals surface area contributed by atoms with Crippen molar-refractivity contribution in [3.63, 3.8) is 0 Å². The van der Waals surface area contributed by atoms with Crippen LogP contribution in [0.2, 0.25) is 0 Å². The molecule has 1 N–H and O–H groups in total. The van der Waals surface area contributed by atoms with Crippen molar-refractivity contribution >= 4 is 11.5 Å². The molecule has 2 aromatic rings. The molecular formula is C14H16N4O3. The van der Waals surface area contributed by atoms with E-state index in [1.54, 1.807) is 24.4 Å². The number of methoxy groups -OCH3 is 1. The molecule has 2 heterocycles. The number of anilines is 1. The standard InChI is InChI=1S/C14H16N4O3/c1-3-8-15-12-7-6-10(18(19)20)13(17-12)14-11(21-2)5-4-9-16-14/h4-7,9H,3,8H2,1-2H3,(H,15,17). The number of rotatable bonds is 6. The Labute approximate surface area is 122 Å². The highest BCUT2D eigenvalue weighted by Gasteiger charge is 2.21. The molecule has 0 aliphatic rings. The molecule has 110 valence electrons. The smallest absolute Gasteiger partial charge is 0.297 e. The largest absolute Gasteiger partial charge is 0.494 e. The molecule has 0 radical (unpaired) electrons. The van der Waals surface area contributed by atoms with Gasteiger partial charge in [-0.25, -0.2) is 4.98 Å². The molecule has 0 fully saturated rings. The maximum Gasteiger partial charge on any atom is 0.297 e. The second-order valence-corrected chi connectivity index (χ2v) is 4.30. The Balaban J connectivity index is 2.55. The highest BCUT2D eigenvalue weighted by Crippen LogP contribution is 2.33. The van der Waals surface area contributed by atoms with E-state index in [4.69, 9.17) is 4.74 Å². The van der Waals surface area contributed by atoms with E-state index < -0.39 is 4.92 Å². The third kappa shape index (κ3) is 3.25. The predicted molar refractivity (Wildman–Crippen MR) is 79.5 cm³/mol. The minimum Gasteiger partial charge on any atom is -0.494 e. The van der Waals surface area contributed by atoms with Crippen LogP contribution in [0.25, 0.3) is 11.4 Å². The Morgan fingerprint density at radius 1 is 1.33 bits per heavy atom. The molecule has 0 aliphatic carbocycles. The summed E-state index contributed by atoms with van der Waals surface area (Å²) in [4.78, 5) is 19.2. The topological polar surface area (TPSA) is 90.2 Å². The highest BCUT2D eigenvalue weighted by atomic mass is 16.6. The first-order valence-electron chi connectivity index (χ1n) is 6.56. The lowest BCUT2D eigenvalue weighted by atomic mass is 10.2. The van der Waals surface area contributed by atoms with Gasteiger partial charge in [0.25, 0.3) is 5.69 Å². The third-order valence-electron chi connectivity index (χ3n) is 2.84. The lowest BCUT2D eigenvalue weighted by Gasteiger charge is -2.09. The normalized spacial score (nSPS) is 10.2. The van der Waals surface area contributed by atoms with Gasteiger partial charge in [-0.2, -0.15) is 0 Å². The van der Waals surface area contributed by atoms with Gasteiger partial charge in [0, 0.05) is 18.8 Å². The Morgan fingerprint density at radius 3 is 2.81 bits per heavy atom. The summed E-state index contributed by atoms with van der Waals surface area (Å²) < 4.78 is 5.21. The Bertz CT molecular complexity index is 646. The SMILES string of the molecule is CCCNc1ccc([N+](=O)[O-])c(-c2ncccc2OC)n1. The van der Waals surface area contributed by atoms with E-state index in [1.165, 1.54) is 13.2 Å². The molecule has 21 heavy (non-hydrogen) atoms. The summed E-state index contributed by atoms with van der Waals surface area (Å²) >= 11 is 0. The number of nitrogens with zero attached hydrogens (tertiary/aromatic N) is 3. The van der Waals surface area contributed by atoms with Crippen molar-refractivity contribution in [2.24, 2.45) is 0 Å². The number of nitro groups is 1. The summed E-state index contributed by atoms with van der Waals surface area (Å²) in [5, 5.41) is 14.3. The van der Waals surface area contributed by atoms with Crippen LogP contribution < -0.4 is 10.1 Å². The van der Waals surface area contributed by atoms with Crippen LogP contribution in [0.3, 0.4) is 0 Å². The molecule has 0 atom stereocenters. The fourth-order valence-corrected chi connectivity index (χ4v) is 1.86. The molecule has 0 bridgehead atoms. The third-order valence-corrected chi connectivity index (χ3v) is 2.84. The summed E-state index contributed by atoms with van der Waals surface area (Å²) in [5.41, 5.74) is 0.444. The van der Waals surface area contributed by atoms with Gasteiger partial charge in [-0.1, -0.05) is 6.92 Å². The van der Waals surface area contributed by atoms with Gasteiger partial charge in [0.15, 0.2) is 5.69 Å². The van der Waals surface area contributed by atoms with E-state index in [-0.39, 0.29) is 11.4 Å². The number of nitrogens with one attached hydrogen (secondary N) is 1. The monoisotopic (exact) mass is 288 g/mol. The minimum atomic E-state index is -0.472. The van der Waals surface area contributed by atoms with E-state index in [1.807, 2.05) is 6.92 Å². The maximum absolute atomic E-state index is 11.2. The van der Waals surface area contributed by atoms with E-state index in [9.17, 15) is 10.1 Å². The summed E-state index contributed by atoms with van der Waals surface area (Å²) in [7, 11) is 1.49. The van der Waals surface area contributed by atoms with Crippen LogP contribution >= 0.6 is 0 Å². The fourth-order valence-electron chi connectivity index (χ4n) is 1.86. The molecule has 2 rings (SSSR count). The van der Waals surface area contributed by atoms with Gasteiger partial charge in [-0.05, 0) is 24.6 Å². The maximum atomic E-state index is 11.2. The van der Waals surface area contributed by atoms with Gasteiger partial charge in [0.05, 0.1) is 12.0 Å². The molecular weight excluding hydrogens is 272 g/mol. The quantitative estimate of drug-likeness (QED) is 0.649. The van der Waals surface area contributed by atoms with Gasteiger partial charge in [0.1, 0.15) is 17.3 Å². The Morgan fingerprint density at radius 2 is 2.14 bits per heavy atom. The lowest BCUT2D eigenvalue weighted by Crippen LogP contribution is -2.05. The zero-order valence-electron chi connectivity index (χ0n) is 11.9. The fraction of sp³-hybridized carbons (Fsp3) is 0.286. The molecule has 0 saturated carbocycles. The highest BCUT2D eigenvalue weighted by molar-refractivity contribution is 5.73. The second kappa shape index (κ2) is 6.65. The van der Waals surface area contributed by atoms with Crippen LogP contribution in [-0.2, 0) is 0 Å². The number of pyridine rings is 2. The second-order valence-electron chi connectivity index (χ2n) is 4.30. The molecule has 0 aromatic carbocycles. The van der Waals surface area contributed by atoms with Crippen molar-refractivity contribution in [2.75, 3.05) is 19.0 Å². The number of hydrogen-bond donors (Lipinski definition) is 1. The van der Waals surface area contributed by atoms with E-state index in [0.717, 1.165) is 13.0 Å². The van der Waals surface area contributed by atoms with Crippen molar-refractivity contribution in [3.05, 3.63) is 40.6 Å². The first-order valence-corrected chi connectivity index (χ1v) is 6.56. The summed E-state index contributed by atoms with van der Waals surface area (Å²) in [5.74, 6) is 1.02. The predicted octanol–water partition coefficient (Wildman–Crippen LogP) is 2.88. The number of ether oxygens (including phenoxy) is 1. The van der Waals surface area contributed by atoms with Crippen LogP contribution in [0.1, 0.15) is 13.3 Å². The molecule has 0 unspecified atom stereocenters. The zero-order chi connectivity index (χ0) is 15.2. The molecule has 0 aliphatic heterocycles. The average molecular weight is 288 g/mol. The zero-order valence-corrected chi connectivity index (χ0v) is 11.9.